The zero-order valence-corrected chi connectivity index (χ0v) is 10.8. The summed E-state index contributed by atoms with van der Waals surface area (Å²) in [4.78, 5) is 8.51. The summed E-state index contributed by atoms with van der Waals surface area (Å²) in [5, 5.41) is 4.24. The van der Waals surface area contributed by atoms with Gasteiger partial charge >= 0.3 is 0 Å². The highest BCUT2D eigenvalue weighted by Gasteiger charge is 2.10. The summed E-state index contributed by atoms with van der Waals surface area (Å²) in [6, 6.07) is 0. The number of aromatic nitrogens is 4. The standard InChI is InChI=1S/C12H17N5O/c1-8-5-14-10(9(2)12(8)18-3)6-17-7-15-11(4-13)16-17/h5,7H,4,6,13H2,1-3H3. The predicted octanol–water partition coefficient (Wildman–Crippen LogP) is 0.806. The van der Waals surface area contributed by atoms with Gasteiger partial charge in [0.2, 0.25) is 0 Å². The third-order valence-electron chi connectivity index (χ3n) is 2.83. The van der Waals surface area contributed by atoms with Gasteiger partial charge in [0.1, 0.15) is 12.1 Å². The molecule has 2 heterocycles. The van der Waals surface area contributed by atoms with Gasteiger partial charge in [-0.25, -0.2) is 9.67 Å². The normalized spacial score (nSPS) is 10.7. The zero-order valence-electron chi connectivity index (χ0n) is 10.8. The maximum atomic E-state index is 5.48. The lowest BCUT2D eigenvalue weighted by Gasteiger charge is -2.11. The lowest BCUT2D eigenvalue weighted by Crippen LogP contribution is -2.07. The number of methoxy groups -OCH3 is 1. The molecule has 0 aliphatic heterocycles. The quantitative estimate of drug-likeness (QED) is 0.864. The fraction of sp³-hybridized carbons (Fsp3) is 0.417. The van der Waals surface area contributed by atoms with Crippen LogP contribution in [0.15, 0.2) is 12.5 Å². The van der Waals surface area contributed by atoms with Crippen molar-refractivity contribution in [2.45, 2.75) is 26.9 Å². The lowest BCUT2D eigenvalue weighted by atomic mass is 10.1. The van der Waals surface area contributed by atoms with Crippen LogP contribution in [-0.2, 0) is 13.1 Å². The first kappa shape index (κ1) is 12.5. The molecule has 0 bridgehead atoms. The maximum absolute atomic E-state index is 5.48. The first-order valence-corrected chi connectivity index (χ1v) is 5.73. The Bertz CT molecular complexity index is 549. The topological polar surface area (TPSA) is 78.8 Å². The summed E-state index contributed by atoms with van der Waals surface area (Å²) in [5.41, 5.74) is 8.46. The number of nitrogens with two attached hydrogens (primary N) is 1. The Balaban J connectivity index is 2.29. The van der Waals surface area contributed by atoms with E-state index in [9.17, 15) is 0 Å². The fourth-order valence-electron chi connectivity index (χ4n) is 1.89. The average molecular weight is 247 g/mol. The van der Waals surface area contributed by atoms with Gasteiger partial charge in [0.15, 0.2) is 5.82 Å². The molecule has 0 fully saturated rings. The van der Waals surface area contributed by atoms with E-state index in [1.807, 2.05) is 20.0 Å². The number of ether oxygens (including phenoxy) is 1. The number of aryl methyl sites for hydroxylation is 1. The van der Waals surface area contributed by atoms with Crippen molar-refractivity contribution in [2.75, 3.05) is 7.11 Å². The van der Waals surface area contributed by atoms with E-state index in [4.69, 9.17) is 10.5 Å². The highest BCUT2D eigenvalue weighted by atomic mass is 16.5. The largest absolute Gasteiger partial charge is 0.496 e. The fourth-order valence-corrected chi connectivity index (χ4v) is 1.89. The van der Waals surface area contributed by atoms with Crippen LogP contribution in [0, 0.1) is 13.8 Å². The van der Waals surface area contributed by atoms with Gasteiger partial charge in [0.05, 0.1) is 25.9 Å². The molecule has 2 aromatic rings. The Morgan fingerprint density at radius 2 is 2.11 bits per heavy atom. The first-order valence-electron chi connectivity index (χ1n) is 5.73. The number of pyridine rings is 1. The summed E-state index contributed by atoms with van der Waals surface area (Å²) < 4.78 is 7.10. The van der Waals surface area contributed by atoms with Gasteiger partial charge in [-0.15, -0.1) is 0 Å². The first-order chi connectivity index (χ1) is 8.65. The molecule has 0 spiro atoms. The monoisotopic (exact) mass is 247 g/mol. The van der Waals surface area contributed by atoms with E-state index < -0.39 is 0 Å². The van der Waals surface area contributed by atoms with Gasteiger partial charge in [-0.05, 0) is 13.8 Å². The summed E-state index contributed by atoms with van der Waals surface area (Å²) >= 11 is 0. The van der Waals surface area contributed by atoms with Gasteiger partial charge in [0.25, 0.3) is 0 Å². The van der Waals surface area contributed by atoms with Crippen LogP contribution in [0.25, 0.3) is 0 Å². The molecule has 0 radical (unpaired) electrons. The third-order valence-corrected chi connectivity index (χ3v) is 2.83. The van der Waals surface area contributed by atoms with Crippen molar-refractivity contribution in [1.82, 2.24) is 19.7 Å². The van der Waals surface area contributed by atoms with Crippen LogP contribution in [0.4, 0.5) is 0 Å². The predicted molar refractivity (Wildman–Crippen MR) is 67.3 cm³/mol. The van der Waals surface area contributed by atoms with Crippen molar-refractivity contribution in [3.63, 3.8) is 0 Å². The van der Waals surface area contributed by atoms with Gasteiger partial charge < -0.3 is 10.5 Å². The summed E-state index contributed by atoms with van der Waals surface area (Å²) in [6.07, 6.45) is 3.47. The molecule has 0 aliphatic carbocycles. The van der Waals surface area contributed by atoms with E-state index in [-0.39, 0.29) is 0 Å². The number of nitrogens with zero attached hydrogens (tertiary/aromatic N) is 4. The molecule has 96 valence electrons. The lowest BCUT2D eigenvalue weighted by molar-refractivity contribution is 0.406. The van der Waals surface area contributed by atoms with Crippen molar-refractivity contribution < 1.29 is 4.74 Å². The Kier molecular flexibility index (Phi) is 3.57. The van der Waals surface area contributed by atoms with Crippen LogP contribution in [0.5, 0.6) is 5.75 Å². The van der Waals surface area contributed by atoms with Gasteiger partial charge in [0, 0.05) is 17.3 Å². The molecule has 0 aromatic carbocycles. The van der Waals surface area contributed by atoms with Crippen LogP contribution in [0.2, 0.25) is 0 Å². The summed E-state index contributed by atoms with van der Waals surface area (Å²) in [7, 11) is 1.67. The van der Waals surface area contributed by atoms with Crippen molar-refractivity contribution in [1.29, 1.82) is 0 Å². The van der Waals surface area contributed by atoms with Crippen LogP contribution < -0.4 is 10.5 Å². The minimum atomic E-state index is 0.344. The third kappa shape index (κ3) is 2.33. The molecular formula is C12H17N5O. The van der Waals surface area contributed by atoms with Crippen LogP contribution in [0.3, 0.4) is 0 Å². The highest BCUT2D eigenvalue weighted by Crippen LogP contribution is 2.24. The Morgan fingerprint density at radius 3 is 2.72 bits per heavy atom. The zero-order chi connectivity index (χ0) is 13.1. The molecule has 0 unspecified atom stereocenters. The summed E-state index contributed by atoms with van der Waals surface area (Å²) in [6.45, 7) is 4.88. The van der Waals surface area contributed by atoms with Crippen molar-refractivity contribution in [3.8, 4) is 5.75 Å². The van der Waals surface area contributed by atoms with Crippen LogP contribution >= 0.6 is 0 Å². The van der Waals surface area contributed by atoms with Crippen LogP contribution in [0.1, 0.15) is 22.6 Å². The van der Waals surface area contributed by atoms with E-state index in [2.05, 4.69) is 15.1 Å². The van der Waals surface area contributed by atoms with Gasteiger partial charge in [-0.3, -0.25) is 4.98 Å². The van der Waals surface area contributed by atoms with E-state index >= 15 is 0 Å². The number of rotatable bonds is 4. The van der Waals surface area contributed by atoms with Crippen molar-refractivity contribution >= 4 is 0 Å². The molecule has 0 saturated heterocycles. The molecule has 2 aromatic heterocycles. The van der Waals surface area contributed by atoms with E-state index in [1.165, 1.54) is 0 Å². The minimum Gasteiger partial charge on any atom is -0.496 e. The molecule has 0 amide bonds. The Labute approximate surface area is 106 Å². The van der Waals surface area contributed by atoms with E-state index in [1.54, 1.807) is 18.1 Å². The molecule has 0 aliphatic rings. The molecule has 0 atom stereocenters. The second-order valence-electron chi connectivity index (χ2n) is 4.11. The SMILES string of the molecule is COc1c(C)cnc(Cn2cnc(CN)n2)c1C. The second-order valence-corrected chi connectivity index (χ2v) is 4.11. The number of hydrogen-bond donors (Lipinski definition) is 1. The molecule has 2 rings (SSSR count). The smallest absolute Gasteiger partial charge is 0.164 e. The molecular weight excluding hydrogens is 230 g/mol. The van der Waals surface area contributed by atoms with Gasteiger partial charge in [-0.2, -0.15) is 5.10 Å². The second kappa shape index (κ2) is 5.14. The molecule has 6 heteroatoms. The molecule has 0 saturated carbocycles. The Hall–Kier alpha value is -1.95. The average Bonchev–Trinajstić information content (AvgIpc) is 2.81. The minimum absolute atomic E-state index is 0.344. The highest BCUT2D eigenvalue weighted by molar-refractivity contribution is 5.41. The molecule has 18 heavy (non-hydrogen) atoms. The molecule has 6 nitrogen and oxygen atoms in total. The maximum Gasteiger partial charge on any atom is 0.164 e. The Morgan fingerprint density at radius 1 is 1.33 bits per heavy atom. The van der Waals surface area contributed by atoms with Gasteiger partial charge in [-0.1, -0.05) is 0 Å². The van der Waals surface area contributed by atoms with Crippen LogP contribution in [-0.4, -0.2) is 26.9 Å². The van der Waals surface area contributed by atoms with E-state index in [0.29, 0.717) is 18.9 Å². The summed E-state index contributed by atoms with van der Waals surface area (Å²) in [5.74, 6) is 1.51. The van der Waals surface area contributed by atoms with Crippen molar-refractivity contribution in [2.24, 2.45) is 5.73 Å². The number of hydrogen-bond acceptors (Lipinski definition) is 5. The van der Waals surface area contributed by atoms with E-state index in [0.717, 1.165) is 22.6 Å². The molecule has 2 N–H and O–H groups in total. The van der Waals surface area contributed by atoms with Crippen molar-refractivity contribution in [3.05, 3.63) is 35.2 Å².